The molecular formula is C27H33N3O6. The minimum absolute atomic E-state index is 0.106. The van der Waals surface area contributed by atoms with Crippen LogP contribution in [0.15, 0.2) is 71.1 Å². The number of hydrogen-bond donors (Lipinski definition) is 2. The predicted molar refractivity (Wildman–Crippen MR) is 137 cm³/mol. The number of rotatable bonds is 8. The van der Waals surface area contributed by atoms with Gasteiger partial charge < -0.3 is 24.5 Å². The van der Waals surface area contributed by atoms with Gasteiger partial charge in [0.25, 0.3) is 0 Å². The van der Waals surface area contributed by atoms with E-state index in [9.17, 15) is 20.0 Å². The van der Waals surface area contributed by atoms with Crippen molar-refractivity contribution in [1.29, 1.82) is 0 Å². The maximum absolute atomic E-state index is 13.3. The van der Waals surface area contributed by atoms with Gasteiger partial charge in [-0.05, 0) is 57.5 Å². The normalized spacial score (nSPS) is 15.2. The Balaban J connectivity index is 2.27. The van der Waals surface area contributed by atoms with Crippen molar-refractivity contribution >= 4 is 29.0 Å². The van der Waals surface area contributed by atoms with E-state index in [1.807, 2.05) is 62.0 Å². The second-order valence-corrected chi connectivity index (χ2v) is 8.55. The van der Waals surface area contributed by atoms with Gasteiger partial charge in [0.2, 0.25) is 0 Å². The average Bonchev–Trinajstić information content (AvgIpc) is 2.84. The Hall–Kier alpha value is -3.66. The van der Waals surface area contributed by atoms with Crippen molar-refractivity contribution in [2.24, 2.45) is 0 Å². The second-order valence-electron chi connectivity index (χ2n) is 8.55. The molecule has 0 fully saturated rings. The quantitative estimate of drug-likeness (QED) is 0.424. The Bertz CT molecular complexity index is 1130. The van der Waals surface area contributed by atoms with Gasteiger partial charge in [-0.1, -0.05) is 12.1 Å². The molecule has 9 heteroatoms. The first-order valence-corrected chi connectivity index (χ1v) is 11.8. The third-order valence-electron chi connectivity index (χ3n) is 6.13. The Labute approximate surface area is 211 Å². The molecule has 1 aliphatic rings. The van der Waals surface area contributed by atoms with E-state index in [0.717, 1.165) is 11.4 Å². The fourth-order valence-electron chi connectivity index (χ4n) is 4.44. The first-order valence-electron chi connectivity index (χ1n) is 11.8. The van der Waals surface area contributed by atoms with Gasteiger partial charge in [-0.2, -0.15) is 5.23 Å². The van der Waals surface area contributed by atoms with Crippen LogP contribution in [-0.4, -0.2) is 44.5 Å². The van der Waals surface area contributed by atoms with Crippen molar-refractivity contribution < 1.29 is 29.5 Å². The summed E-state index contributed by atoms with van der Waals surface area (Å²) >= 11 is 0. The minimum Gasteiger partial charge on any atom is -0.595 e. The van der Waals surface area contributed by atoms with Crippen molar-refractivity contribution in [3.63, 3.8) is 0 Å². The lowest BCUT2D eigenvalue weighted by Crippen LogP contribution is -2.99. The van der Waals surface area contributed by atoms with E-state index in [-0.39, 0.29) is 18.9 Å². The van der Waals surface area contributed by atoms with Crippen LogP contribution in [-0.2, 0) is 19.1 Å². The molecule has 1 heterocycles. The van der Waals surface area contributed by atoms with Crippen LogP contribution in [0.5, 0.6) is 0 Å². The standard InChI is InChI=1S/C27H33N3O6/c1-7-35-26(31)23-17(3)29(21-15-13-20(14-16-21)28(5)6)18(4)24(27(32)36-8-2)25(23)19-9-11-22(12-10-19)30(33)34/h9-16,25,30,33H,7-8H2,1-6H3. The highest BCUT2D eigenvalue weighted by molar-refractivity contribution is 6.01. The first-order chi connectivity index (χ1) is 17.1. The van der Waals surface area contributed by atoms with E-state index in [0.29, 0.717) is 28.1 Å². The van der Waals surface area contributed by atoms with Gasteiger partial charge in [0.15, 0.2) is 5.69 Å². The van der Waals surface area contributed by atoms with Crippen molar-refractivity contribution in [2.75, 3.05) is 37.1 Å². The Kier molecular flexibility index (Phi) is 8.52. The number of hydrogen-bond acceptors (Lipinski definition) is 8. The zero-order chi connectivity index (χ0) is 26.6. The molecule has 9 nitrogen and oxygen atoms in total. The van der Waals surface area contributed by atoms with Crippen molar-refractivity contribution in [3.05, 3.63) is 81.8 Å². The molecule has 0 bridgehead atoms. The number of nitrogens with zero attached hydrogens (tertiary/aromatic N) is 2. The summed E-state index contributed by atoms with van der Waals surface area (Å²) in [6, 6.07) is 13.9. The van der Waals surface area contributed by atoms with Crippen LogP contribution >= 0.6 is 0 Å². The van der Waals surface area contributed by atoms with Gasteiger partial charge >= 0.3 is 11.9 Å². The molecule has 0 aromatic heterocycles. The molecule has 0 aliphatic carbocycles. The summed E-state index contributed by atoms with van der Waals surface area (Å²) in [5.41, 5.74) is 4.30. The summed E-state index contributed by atoms with van der Waals surface area (Å²) in [5, 5.41) is 19.7. The lowest BCUT2D eigenvalue weighted by Gasteiger charge is -2.38. The number of nitrogens with one attached hydrogen (secondary N) is 1. The van der Waals surface area contributed by atoms with E-state index in [1.54, 1.807) is 26.0 Å². The largest absolute Gasteiger partial charge is 0.595 e. The van der Waals surface area contributed by atoms with Gasteiger partial charge in [-0.3, -0.25) is 0 Å². The van der Waals surface area contributed by atoms with Gasteiger partial charge in [0, 0.05) is 49.0 Å². The van der Waals surface area contributed by atoms with Crippen LogP contribution in [0.25, 0.3) is 0 Å². The summed E-state index contributed by atoms with van der Waals surface area (Å²) in [6.07, 6.45) is 0. The second kappa shape index (κ2) is 11.4. The molecule has 0 saturated heterocycles. The van der Waals surface area contributed by atoms with Crippen LogP contribution in [0, 0.1) is 5.21 Å². The number of carbonyl (C=O) groups excluding carboxylic acids is 2. The fourth-order valence-corrected chi connectivity index (χ4v) is 4.44. The van der Waals surface area contributed by atoms with E-state index < -0.39 is 23.1 Å². The maximum Gasteiger partial charge on any atom is 0.336 e. The summed E-state index contributed by atoms with van der Waals surface area (Å²) in [5.74, 6) is -1.89. The number of ether oxygens (including phenoxy) is 2. The van der Waals surface area contributed by atoms with Crippen LogP contribution < -0.4 is 15.0 Å². The summed E-state index contributed by atoms with van der Waals surface area (Å²) < 4.78 is 10.8. The number of quaternary nitrogens is 1. The number of esters is 2. The number of carbonyl (C=O) groups is 2. The molecule has 1 atom stereocenters. The molecule has 2 aromatic rings. The monoisotopic (exact) mass is 495 g/mol. The summed E-state index contributed by atoms with van der Waals surface area (Å²) in [7, 11) is 3.90. The van der Waals surface area contributed by atoms with E-state index in [2.05, 4.69) is 0 Å². The molecule has 0 spiro atoms. The SMILES string of the molecule is CCOC(=O)C1=C(C)N(c2ccc(N(C)C)cc2)C(C)=C(C(=O)OCC)C1c1ccc([NH+]([O-])O)cc1. The highest BCUT2D eigenvalue weighted by atomic mass is 16.8. The van der Waals surface area contributed by atoms with Crippen LogP contribution in [0.1, 0.15) is 39.2 Å². The molecule has 192 valence electrons. The van der Waals surface area contributed by atoms with Crippen molar-refractivity contribution in [1.82, 2.24) is 0 Å². The predicted octanol–water partition coefficient (Wildman–Crippen LogP) is 3.43. The van der Waals surface area contributed by atoms with Gasteiger partial charge in [-0.15, -0.1) is 0 Å². The third kappa shape index (κ3) is 5.28. The maximum atomic E-state index is 13.3. The van der Waals surface area contributed by atoms with Crippen LogP contribution in [0.3, 0.4) is 0 Å². The molecule has 2 aromatic carbocycles. The lowest BCUT2D eigenvalue weighted by molar-refractivity contribution is -0.991. The lowest BCUT2D eigenvalue weighted by atomic mass is 9.79. The molecule has 36 heavy (non-hydrogen) atoms. The van der Waals surface area contributed by atoms with Gasteiger partial charge in [0.05, 0.1) is 30.3 Å². The van der Waals surface area contributed by atoms with Gasteiger partial charge in [-0.25, -0.2) is 14.8 Å². The first kappa shape index (κ1) is 26.9. The van der Waals surface area contributed by atoms with Gasteiger partial charge in [0.1, 0.15) is 0 Å². The highest BCUT2D eigenvalue weighted by Crippen LogP contribution is 2.44. The number of allylic oxidation sites excluding steroid dienone is 2. The molecule has 2 N–H and O–H groups in total. The van der Waals surface area contributed by atoms with Crippen molar-refractivity contribution in [3.8, 4) is 0 Å². The minimum atomic E-state index is -1.06. The Morgan fingerprint density at radius 2 is 1.39 bits per heavy atom. The topological polar surface area (TPSA) is 107 Å². The molecule has 0 amide bonds. The highest BCUT2D eigenvalue weighted by Gasteiger charge is 2.41. The molecular weight excluding hydrogens is 462 g/mol. The zero-order valence-corrected chi connectivity index (χ0v) is 21.5. The zero-order valence-electron chi connectivity index (χ0n) is 21.5. The average molecular weight is 496 g/mol. The smallest absolute Gasteiger partial charge is 0.336 e. The fraction of sp³-hybridized carbons (Fsp3) is 0.333. The van der Waals surface area contributed by atoms with Crippen LogP contribution in [0.2, 0.25) is 0 Å². The van der Waals surface area contributed by atoms with Crippen LogP contribution in [0.4, 0.5) is 17.1 Å². The van der Waals surface area contributed by atoms with E-state index in [1.165, 1.54) is 12.1 Å². The summed E-state index contributed by atoms with van der Waals surface area (Å²) in [6.45, 7) is 7.40. The Morgan fingerprint density at radius 1 is 0.917 bits per heavy atom. The molecule has 0 saturated carbocycles. The number of anilines is 2. The van der Waals surface area contributed by atoms with E-state index >= 15 is 0 Å². The Morgan fingerprint density at radius 3 is 1.78 bits per heavy atom. The molecule has 0 radical (unpaired) electrons. The number of benzene rings is 2. The molecule has 1 aliphatic heterocycles. The molecule has 1 unspecified atom stereocenters. The third-order valence-corrected chi connectivity index (χ3v) is 6.13. The van der Waals surface area contributed by atoms with Crippen molar-refractivity contribution in [2.45, 2.75) is 33.6 Å². The molecule has 3 rings (SSSR count). The van der Waals surface area contributed by atoms with E-state index in [4.69, 9.17) is 9.47 Å². The summed E-state index contributed by atoms with van der Waals surface area (Å²) in [4.78, 5) is 30.5.